The second-order valence-corrected chi connectivity index (χ2v) is 7.76. The predicted molar refractivity (Wildman–Crippen MR) is 89.1 cm³/mol. The summed E-state index contributed by atoms with van der Waals surface area (Å²) in [5.41, 5.74) is 5.96. The number of likely N-dealkylation sites (tertiary alicyclic amines) is 1. The Morgan fingerprint density at radius 2 is 2.04 bits per heavy atom. The van der Waals surface area contributed by atoms with Crippen molar-refractivity contribution in [3.05, 3.63) is 18.0 Å². The second-order valence-electron chi connectivity index (χ2n) is 6.05. The van der Waals surface area contributed by atoms with Crippen LogP contribution in [0.1, 0.15) is 36.2 Å². The first-order valence-electron chi connectivity index (χ1n) is 7.71. The molecule has 0 spiro atoms. The van der Waals surface area contributed by atoms with Crippen LogP contribution in [0.5, 0.6) is 0 Å². The fourth-order valence-corrected chi connectivity index (χ4v) is 4.16. The summed E-state index contributed by atoms with van der Waals surface area (Å²) in [5.74, 6) is 0.195. The van der Waals surface area contributed by atoms with Crippen molar-refractivity contribution in [2.24, 2.45) is 11.7 Å². The standard InChI is InChI=1S/C14H22N4O3S.ClH/c15-8-13(10-3-4-10)17-22(20,21)11-7-12(16-9-11)14(19)18-5-1-2-6-18;/h7,9-10,13,16-17H,1-6,8,15H2;1H. The molecule has 1 aliphatic heterocycles. The van der Waals surface area contributed by atoms with Crippen molar-refractivity contribution < 1.29 is 13.2 Å². The number of carbonyl (C=O) groups excluding carboxylic acids is 1. The van der Waals surface area contributed by atoms with Crippen molar-refractivity contribution >= 4 is 28.3 Å². The fourth-order valence-electron chi connectivity index (χ4n) is 2.85. The minimum atomic E-state index is -3.64. The Morgan fingerprint density at radius 3 is 2.61 bits per heavy atom. The number of nitrogens with two attached hydrogens (primary N) is 1. The summed E-state index contributed by atoms with van der Waals surface area (Å²) < 4.78 is 27.4. The quantitative estimate of drug-likeness (QED) is 0.691. The fraction of sp³-hybridized carbons (Fsp3) is 0.643. The third kappa shape index (κ3) is 4.06. The van der Waals surface area contributed by atoms with E-state index in [1.165, 1.54) is 12.3 Å². The number of carbonyl (C=O) groups is 1. The lowest BCUT2D eigenvalue weighted by atomic mass is 10.2. The van der Waals surface area contributed by atoms with E-state index in [-0.39, 0.29) is 35.8 Å². The van der Waals surface area contributed by atoms with Crippen molar-refractivity contribution in [1.82, 2.24) is 14.6 Å². The number of nitrogens with one attached hydrogen (secondary N) is 2. The lowest BCUT2D eigenvalue weighted by Gasteiger charge is -2.15. The number of aromatic amines is 1. The van der Waals surface area contributed by atoms with Gasteiger partial charge in [0, 0.05) is 31.9 Å². The molecule has 1 atom stereocenters. The molecule has 0 bridgehead atoms. The monoisotopic (exact) mass is 362 g/mol. The third-order valence-corrected chi connectivity index (χ3v) is 5.81. The Labute approximate surface area is 142 Å². The first kappa shape index (κ1) is 18.3. The summed E-state index contributed by atoms with van der Waals surface area (Å²) in [6.45, 7) is 1.75. The molecule has 130 valence electrons. The van der Waals surface area contributed by atoms with Gasteiger partial charge in [-0.05, 0) is 37.7 Å². The first-order chi connectivity index (χ1) is 10.5. The van der Waals surface area contributed by atoms with Crippen LogP contribution in [0, 0.1) is 5.92 Å². The minimum Gasteiger partial charge on any atom is -0.356 e. The van der Waals surface area contributed by atoms with Crippen LogP contribution < -0.4 is 10.5 Å². The molecule has 2 fully saturated rings. The van der Waals surface area contributed by atoms with E-state index in [4.69, 9.17) is 5.73 Å². The van der Waals surface area contributed by atoms with Gasteiger partial charge in [-0.1, -0.05) is 0 Å². The van der Waals surface area contributed by atoms with E-state index in [0.29, 0.717) is 11.6 Å². The largest absolute Gasteiger partial charge is 0.356 e. The molecule has 1 unspecified atom stereocenters. The molecule has 3 rings (SSSR count). The zero-order chi connectivity index (χ0) is 15.7. The second kappa shape index (κ2) is 7.21. The van der Waals surface area contributed by atoms with E-state index < -0.39 is 10.0 Å². The molecule has 1 aliphatic carbocycles. The van der Waals surface area contributed by atoms with Gasteiger partial charge in [0.05, 0.1) is 0 Å². The van der Waals surface area contributed by atoms with Crippen molar-refractivity contribution in [2.45, 2.75) is 36.6 Å². The van der Waals surface area contributed by atoms with Crippen molar-refractivity contribution in [3.8, 4) is 0 Å². The van der Waals surface area contributed by atoms with Crippen LogP contribution in [-0.4, -0.2) is 49.9 Å². The lowest BCUT2D eigenvalue weighted by molar-refractivity contribution is 0.0787. The van der Waals surface area contributed by atoms with Gasteiger partial charge >= 0.3 is 0 Å². The molecule has 2 heterocycles. The zero-order valence-corrected chi connectivity index (χ0v) is 14.5. The van der Waals surface area contributed by atoms with Crippen LogP contribution in [0.2, 0.25) is 0 Å². The molecule has 1 saturated heterocycles. The SMILES string of the molecule is Cl.NCC(NS(=O)(=O)c1c[nH]c(C(=O)N2CCCC2)c1)C1CC1. The summed E-state index contributed by atoms with van der Waals surface area (Å²) in [6.07, 6.45) is 5.38. The Kier molecular flexibility index (Phi) is 5.72. The van der Waals surface area contributed by atoms with Gasteiger partial charge < -0.3 is 15.6 Å². The normalized spacial score (nSPS) is 19.4. The summed E-state index contributed by atoms with van der Waals surface area (Å²) in [5, 5.41) is 0. The highest BCUT2D eigenvalue weighted by Crippen LogP contribution is 2.33. The Hall–Kier alpha value is -1.09. The molecule has 1 aromatic heterocycles. The van der Waals surface area contributed by atoms with Crippen molar-refractivity contribution in [1.29, 1.82) is 0 Å². The van der Waals surface area contributed by atoms with Gasteiger partial charge in [-0.25, -0.2) is 13.1 Å². The maximum atomic E-state index is 12.4. The summed E-state index contributed by atoms with van der Waals surface area (Å²) in [4.78, 5) is 16.9. The highest BCUT2D eigenvalue weighted by molar-refractivity contribution is 7.89. The molecule has 1 aromatic rings. The average molecular weight is 363 g/mol. The molecular weight excluding hydrogens is 340 g/mol. The summed E-state index contributed by atoms with van der Waals surface area (Å²) in [7, 11) is -3.64. The average Bonchev–Trinajstić information content (AvgIpc) is 3.01. The zero-order valence-electron chi connectivity index (χ0n) is 12.8. The molecule has 1 saturated carbocycles. The molecule has 0 radical (unpaired) electrons. The van der Waals surface area contributed by atoms with Crippen molar-refractivity contribution in [3.63, 3.8) is 0 Å². The highest BCUT2D eigenvalue weighted by Gasteiger charge is 2.34. The van der Waals surface area contributed by atoms with Crippen LogP contribution in [-0.2, 0) is 10.0 Å². The third-order valence-electron chi connectivity index (χ3n) is 4.34. The minimum absolute atomic E-state index is 0. The smallest absolute Gasteiger partial charge is 0.270 e. The summed E-state index contributed by atoms with van der Waals surface area (Å²) in [6, 6.07) is 1.18. The van der Waals surface area contributed by atoms with Gasteiger partial charge in [0.25, 0.3) is 5.91 Å². The van der Waals surface area contributed by atoms with E-state index in [1.54, 1.807) is 4.90 Å². The number of halogens is 1. The maximum absolute atomic E-state index is 12.4. The van der Waals surface area contributed by atoms with Crippen LogP contribution >= 0.6 is 12.4 Å². The van der Waals surface area contributed by atoms with Gasteiger partial charge in [-0.3, -0.25) is 4.79 Å². The van der Waals surface area contributed by atoms with E-state index in [9.17, 15) is 13.2 Å². The molecule has 1 amide bonds. The van der Waals surface area contributed by atoms with Gasteiger partial charge in [0.2, 0.25) is 10.0 Å². The Morgan fingerprint density at radius 1 is 1.39 bits per heavy atom. The number of amides is 1. The number of rotatable bonds is 6. The van der Waals surface area contributed by atoms with E-state index >= 15 is 0 Å². The first-order valence-corrected chi connectivity index (χ1v) is 9.19. The van der Waals surface area contributed by atoms with Crippen LogP contribution in [0.3, 0.4) is 0 Å². The Balaban J connectivity index is 0.00000192. The number of aromatic nitrogens is 1. The van der Waals surface area contributed by atoms with Gasteiger partial charge in [-0.15, -0.1) is 12.4 Å². The highest BCUT2D eigenvalue weighted by atomic mass is 35.5. The number of hydrogen-bond donors (Lipinski definition) is 3. The summed E-state index contributed by atoms with van der Waals surface area (Å²) >= 11 is 0. The van der Waals surface area contributed by atoms with Gasteiger partial charge in [0.1, 0.15) is 10.6 Å². The molecule has 4 N–H and O–H groups in total. The molecule has 0 aromatic carbocycles. The maximum Gasteiger partial charge on any atom is 0.270 e. The van der Waals surface area contributed by atoms with Crippen LogP contribution in [0.4, 0.5) is 0 Å². The topological polar surface area (TPSA) is 108 Å². The number of hydrogen-bond acceptors (Lipinski definition) is 4. The van der Waals surface area contributed by atoms with Crippen LogP contribution in [0.15, 0.2) is 17.2 Å². The van der Waals surface area contributed by atoms with Crippen molar-refractivity contribution in [2.75, 3.05) is 19.6 Å². The van der Waals surface area contributed by atoms with E-state index in [0.717, 1.165) is 38.8 Å². The molecule has 9 heteroatoms. The number of nitrogens with zero attached hydrogens (tertiary/aromatic N) is 1. The predicted octanol–water partition coefficient (Wildman–Crippen LogP) is 0.688. The lowest BCUT2D eigenvalue weighted by Crippen LogP contribution is -2.41. The molecule has 2 aliphatic rings. The number of H-pyrrole nitrogens is 1. The molecule has 7 nitrogen and oxygen atoms in total. The Bertz CT molecular complexity index is 651. The van der Waals surface area contributed by atoms with E-state index in [1.807, 2.05) is 0 Å². The van der Waals surface area contributed by atoms with Gasteiger partial charge in [0.15, 0.2) is 0 Å². The number of sulfonamides is 1. The van der Waals surface area contributed by atoms with E-state index in [2.05, 4.69) is 9.71 Å². The van der Waals surface area contributed by atoms with Crippen LogP contribution in [0.25, 0.3) is 0 Å². The molecule has 23 heavy (non-hydrogen) atoms. The van der Waals surface area contributed by atoms with Gasteiger partial charge in [-0.2, -0.15) is 0 Å². The molecular formula is C14H23ClN4O3S.